The lowest BCUT2D eigenvalue weighted by Gasteiger charge is -2.25. The Morgan fingerprint density at radius 1 is 0.939 bits per heavy atom. The largest absolute Gasteiger partial charge is 0.392 e. The molecule has 0 saturated heterocycles. The lowest BCUT2D eigenvalue weighted by molar-refractivity contribution is -0.115. The summed E-state index contributed by atoms with van der Waals surface area (Å²) in [5.41, 5.74) is 2.22. The van der Waals surface area contributed by atoms with Gasteiger partial charge in [-0.1, -0.05) is 48.5 Å². The number of amides is 1. The van der Waals surface area contributed by atoms with Crippen molar-refractivity contribution in [2.75, 3.05) is 30.4 Å². The average molecular weight is 468 g/mol. The van der Waals surface area contributed by atoms with Crippen LogP contribution in [0.3, 0.4) is 0 Å². The number of rotatable bonds is 10. The number of aliphatic hydroxyl groups is 1. The second kappa shape index (κ2) is 11.1. The molecule has 174 valence electrons. The van der Waals surface area contributed by atoms with E-state index in [1.807, 2.05) is 60.7 Å². The van der Waals surface area contributed by atoms with E-state index in [0.717, 1.165) is 11.3 Å². The summed E-state index contributed by atoms with van der Waals surface area (Å²) in [6, 6.07) is 24.9. The third kappa shape index (κ3) is 6.89. The molecule has 0 bridgehead atoms. The van der Waals surface area contributed by atoms with Crippen molar-refractivity contribution in [1.82, 2.24) is 4.31 Å². The Labute approximate surface area is 195 Å². The van der Waals surface area contributed by atoms with Gasteiger partial charge in [0.05, 0.1) is 17.5 Å². The monoisotopic (exact) mass is 467 g/mol. The van der Waals surface area contributed by atoms with E-state index in [9.17, 15) is 18.3 Å². The van der Waals surface area contributed by atoms with E-state index < -0.39 is 16.1 Å². The van der Waals surface area contributed by atoms with Crippen molar-refractivity contribution in [3.05, 3.63) is 90.5 Å². The number of aliphatic hydroxyl groups excluding tert-OH is 1. The van der Waals surface area contributed by atoms with Gasteiger partial charge in [0.2, 0.25) is 15.9 Å². The summed E-state index contributed by atoms with van der Waals surface area (Å²) in [5, 5.41) is 12.6. The summed E-state index contributed by atoms with van der Waals surface area (Å²) in [6.45, 7) is 2.29. The number of anilines is 2. The zero-order valence-electron chi connectivity index (χ0n) is 18.8. The number of para-hydroxylation sites is 1. The summed E-state index contributed by atoms with van der Waals surface area (Å²) in [4.78, 5) is 14.6. The van der Waals surface area contributed by atoms with Gasteiger partial charge < -0.3 is 15.3 Å². The van der Waals surface area contributed by atoms with Crippen molar-refractivity contribution < 1.29 is 18.3 Å². The fourth-order valence-electron chi connectivity index (χ4n) is 3.41. The van der Waals surface area contributed by atoms with Crippen LogP contribution in [-0.4, -0.2) is 50.0 Å². The molecule has 0 spiro atoms. The number of hydrogen-bond donors (Lipinski definition) is 2. The molecule has 0 heterocycles. The van der Waals surface area contributed by atoms with Gasteiger partial charge in [-0.3, -0.25) is 4.79 Å². The molecule has 0 radical (unpaired) electrons. The molecule has 33 heavy (non-hydrogen) atoms. The number of nitrogens with zero attached hydrogens (tertiary/aromatic N) is 2. The van der Waals surface area contributed by atoms with E-state index in [0.29, 0.717) is 12.2 Å². The molecule has 7 nitrogen and oxygen atoms in total. The Hall–Kier alpha value is -3.20. The first-order chi connectivity index (χ1) is 15.8. The van der Waals surface area contributed by atoms with Crippen LogP contribution in [0.15, 0.2) is 89.8 Å². The molecule has 0 aliphatic rings. The lowest BCUT2D eigenvalue weighted by Crippen LogP contribution is -2.37. The molecular weight excluding hydrogens is 438 g/mol. The normalized spacial score (nSPS) is 12.4. The molecule has 0 aliphatic carbocycles. The summed E-state index contributed by atoms with van der Waals surface area (Å²) < 4.78 is 27.1. The van der Waals surface area contributed by atoms with E-state index in [-0.39, 0.29) is 23.9 Å². The summed E-state index contributed by atoms with van der Waals surface area (Å²) in [6.07, 6.45) is -0.602. The van der Waals surface area contributed by atoms with E-state index in [4.69, 9.17) is 0 Å². The summed E-state index contributed by atoms with van der Waals surface area (Å²) in [7, 11) is -2.13. The summed E-state index contributed by atoms with van der Waals surface area (Å²) >= 11 is 0. The molecule has 0 aromatic heterocycles. The van der Waals surface area contributed by atoms with E-state index in [2.05, 4.69) is 5.32 Å². The smallest absolute Gasteiger partial charge is 0.243 e. The number of benzene rings is 3. The Balaban J connectivity index is 1.65. The molecule has 3 aromatic rings. The van der Waals surface area contributed by atoms with Crippen molar-refractivity contribution >= 4 is 27.3 Å². The highest BCUT2D eigenvalue weighted by molar-refractivity contribution is 7.89. The quantitative estimate of drug-likeness (QED) is 0.477. The predicted molar refractivity (Wildman–Crippen MR) is 131 cm³/mol. The van der Waals surface area contributed by atoms with Gasteiger partial charge in [0, 0.05) is 31.5 Å². The maximum atomic E-state index is 12.9. The zero-order chi connectivity index (χ0) is 23.8. The highest BCUT2D eigenvalue weighted by Gasteiger charge is 2.21. The van der Waals surface area contributed by atoms with E-state index in [1.54, 1.807) is 31.0 Å². The topological polar surface area (TPSA) is 90.0 Å². The highest BCUT2D eigenvalue weighted by Crippen LogP contribution is 2.20. The van der Waals surface area contributed by atoms with Gasteiger partial charge in [0.1, 0.15) is 0 Å². The predicted octanol–water partition coefficient (Wildman–Crippen LogP) is 3.33. The maximum Gasteiger partial charge on any atom is 0.243 e. The number of nitrogens with one attached hydrogen (secondary N) is 1. The van der Waals surface area contributed by atoms with Gasteiger partial charge in [-0.05, 0) is 48.9 Å². The number of carbonyl (C=O) groups excluding carboxylic acids is 1. The minimum Gasteiger partial charge on any atom is -0.392 e. The van der Waals surface area contributed by atoms with Crippen molar-refractivity contribution in [1.29, 1.82) is 0 Å². The van der Waals surface area contributed by atoms with Crippen molar-refractivity contribution in [3.8, 4) is 0 Å². The van der Waals surface area contributed by atoms with Crippen molar-refractivity contribution in [2.45, 2.75) is 24.5 Å². The van der Waals surface area contributed by atoms with Crippen LogP contribution in [0, 0.1) is 0 Å². The molecule has 3 aromatic carbocycles. The van der Waals surface area contributed by atoms with Crippen LogP contribution in [0.2, 0.25) is 0 Å². The fraction of sp³-hybridized carbons (Fsp3) is 0.240. The van der Waals surface area contributed by atoms with Crippen LogP contribution in [-0.2, 0) is 21.4 Å². The fourth-order valence-corrected chi connectivity index (χ4v) is 4.57. The van der Waals surface area contributed by atoms with Gasteiger partial charge in [-0.25, -0.2) is 8.42 Å². The molecular formula is C25H29N3O4S. The number of sulfonamides is 1. The van der Waals surface area contributed by atoms with Crippen LogP contribution >= 0.6 is 0 Å². The molecule has 8 heteroatoms. The molecule has 0 aliphatic heterocycles. The molecule has 1 atom stereocenters. The molecule has 1 unspecified atom stereocenters. The second-order valence-corrected chi connectivity index (χ2v) is 9.93. The molecule has 1 amide bonds. The second-order valence-electron chi connectivity index (χ2n) is 7.88. The first-order valence-corrected chi connectivity index (χ1v) is 12.1. The van der Waals surface area contributed by atoms with Gasteiger partial charge >= 0.3 is 0 Å². The SMILES string of the molecule is CC(O)CN(CC(=O)Nc1ccc(S(=O)(=O)N(C)Cc2ccccc2)cc1)c1ccccc1. The van der Waals surface area contributed by atoms with Gasteiger partial charge in [0.15, 0.2) is 0 Å². The minimum atomic E-state index is -3.67. The van der Waals surface area contributed by atoms with Crippen LogP contribution in [0.1, 0.15) is 12.5 Å². The van der Waals surface area contributed by atoms with E-state index >= 15 is 0 Å². The van der Waals surface area contributed by atoms with Gasteiger partial charge in [-0.15, -0.1) is 0 Å². The Bertz CT molecular complexity index is 1140. The van der Waals surface area contributed by atoms with Crippen molar-refractivity contribution in [2.24, 2.45) is 0 Å². The third-order valence-corrected chi connectivity index (χ3v) is 6.85. The number of hydrogen-bond acceptors (Lipinski definition) is 5. The average Bonchev–Trinajstić information content (AvgIpc) is 2.80. The lowest BCUT2D eigenvalue weighted by atomic mass is 10.2. The van der Waals surface area contributed by atoms with Crippen molar-refractivity contribution in [3.63, 3.8) is 0 Å². The Kier molecular flexibility index (Phi) is 8.21. The van der Waals surface area contributed by atoms with Gasteiger partial charge in [-0.2, -0.15) is 4.31 Å². The maximum absolute atomic E-state index is 12.9. The molecule has 0 saturated carbocycles. The molecule has 2 N–H and O–H groups in total. The minimum absolute atomic E-state index is 0.0504. The molecule has 0 fully saturated rings. The Morgan fingerprint density at radius 3 is 2.09 bits per heavy atom. The number of carbonyl (C=O) groups is 1. The first kappa shape index (κ1) is 24.4. The third-order valence-electron chi connectivity index (χ3n) is 5.03. The first-order valence-electron chi connectivity index (χ1n) is 10.6. The van der Waals surface area contributed by atoms with E-state index in [1.165, 1.54) is 16.4 Å². The van der Waals surface area contributed by atoms with Crippen LogP contribution in [0.25, 0.3) is 0 Å². The summed E-state index contributed by atoms with van der Waals surface area (Å²) in [5.74, 6) is -0.267. The Morgan fingerprint density at radius 2 is 1.52 bits per heavy atom. The van der Waals surface area contributed by atoms with Crippen LogP contribution in [0.4, 0.5) is 11.4 Å². The zero-order valence-corrected chi connectivity index (χ0v) is 19.6. The standard InChI is InChI=1S/C25H29N3O4S/c1-20(29)17-28(23-11-7-4-8-12-23)19-25(30)26-22-13-15-24(16-14-22)33(31,32)27(2)18-21-9-5-3-6-10-21/h3-16,20,29H,17-19H2,1-2H3,(H,26,30). The van der Waals surface area contributed by atoms with Crippen LogP contribution in [0.5, 0.6) is 0 Å². The van der Waals surface area contributed by atoms with Gasteiger partial charge in [0.25, 0.3) is 0 Å². The molecule has 3 rings (SSSR count). The van der Waals surface area contributed by atoms with Crippen LogP contribution < -0.4 is 10.2 Å². The highest BCUT2D eigenvalue weighted by atomic mass is 32.2.